The predicted molar refractivity (Wildman–Crippen MR) is 82.6 cm³/mol. The van der Waals surface area contributed by atoms with Gasteiger partial charge in [-0.2, -0.15) is 5.26 Å². The molecular formula is C14H12ClN3O2S. The molecule has 0 saturated carbocycles. The monoisotopic (exact) mass is 321 g/mol. The number of nitrogen functional groups attached to an aromatic ring is 1. The van der Waals surface area contributed by atoms with Crippen molar-refractivity contribution in [1.29, 1.82) is 5.26 Å². The van der Waals surface area contributed by atoms with Gasteiger partial charge < -0.3 is 5.73 Å². The van der Waals surface area contributed by atoms with E-state index >= 15 is 0 Å². The largest absolute Gasteiger partial charge is 0.399 e. The van der Waals surface area contributed by atoms with Crippen LogP contribution >= 0.6 is 11.6 Å². The molecule has 0 aliphatic carbocycles. The number of hydrogen-bond acceptors (Lipinski definition) is 4. The van der Waals surface area contributed by atoms with Crippen LogP contribution in [0.2, 0.25) is 5.02 Å². The highest BCUT2D eigenvalue weighted by Crippen LogP contribution is 2.24. The maximum Gasteiger partial charge on any atom is 0.263 e. The van der Waals surface area contributed by atoms with Gasteiger partial charge in [-0.1, -0.05) is 11.6 Å². The molecule has 0 heterocycles. The summed E-state index contributed by atoms with van der Waals surface area (Å²) in [5.74, 6) is 0. The highest BCUT2D eigenvalue weighted by atomic mass is 35.5. The first-order valence-corrected chi connectivity index (χ1v) is 7.78. The van der Waals surface area contributed by atoms with Crippen LogP contribution in [0.1, 0.15) is 11.1 Å². The summed E-state index contributed by atoms with van der Waals surface area (Å²) < 4.78 is 27.2. The van der Waals surface area contributed by atoms with E-state index in [4.69, 9.17) is 22.6 Å². The van der Waals surface area contributed by atoms with E-state index in [1.165, 1.54) is 18.2 Å². The van der Waals surface area contributed by atoms with E-state index < -0.39 is 10.0 Å². The lowest BCUT2D eigenvalue weighted by Gasteiger charge is -2.11. The molecule has 2 aromatic carbocycles. The fraction of sp³-hybridized carbons (Fsp3) is 0.0714. The van der Waals surface area contributed by atoms with Gasteiger partial charge in [0.1, 0.15) is 11.0 Å². The summed E-state index contributed by atoms with van der Waals surface area (Å²) in [4.78, 5) is -0.160. The van der Waals surface area contributed by atoms with Gasteiger partial charge in [0.15, 0.2) is 0 Å². The second-order valence-electron chi connectivity index (χ2n) is 4.43. The van der Waals surface area contributed by atoms with Crippen LogP contribution in [0.25, 0.3) is 0 Å². The Morgan fingerprint density at radius 1 is 1.24 bits per heavy atom. The van der Waals surface area contributed by atoms with Crippen molar-refractivity contribution in [3.63, 3.8) is 0 Å². The van der Waals surface area contributed by atoms with Gasteiger partial charge >= 0.3 is 0 Å². The molecule has 0 atom stereocenters. The van der Waals surface area contributed by atoms with Crippen molar-refractivity contribution in [3.8, 4) is 6.07 Å². The van der Waals surface area contributed by atoms with Gasteiger partial charge in [0, 0.05) is 16.4 Å². The fourth-order valence-corrected chi connectivity index (χ4v) is 3.23. The Labute approximate surface area is 128 Å². The molecule has 0 saturated heterocycles. The van der Waals surface area contributed by atoms with Crippen LogP contribution in [0.5, 0.6) is 0 Å². The normalized spacial score (nSPS) is 10.9. The predicted octanol–water partition coefficient (Wildman–Crippen LogP) is 2.90. The van der Waals surface area contributed by atoms with Crippen LogP contribution in [-0.4, -0.2) is 8.42 Å². The number of sulfonamides is 1. The van der Waals surface area contributed by atoms with Crippen LogP contribution < -0.4 is 10.5 Å². The van der Waals surface area contributed by atoms with E-state index in [1.54, 1.807) is 25.1 Å². The van der Waals surface area contributed by atoms with Crippen LogP contribution in [0.3, 0.4) is 0 Å². The lowest BCUT2D eigenvalue weighted by Crippen LogP contribution is -2.14. The zero-order valence-corrected chi connectivity index (χ0v) is 12.7. The van der Waals surface area contributed by atoms with Gasteiger partial charge in [-0.15, -0.1) is 0 Å². The van der Waals surface area contributed by atoms with Gasteiger partial charge in [-0.05, 0) is 48.9 Å². The zero-order chi connectivity index (χ0) is 15.6. The molecular weight excluding hydrogens is 310 g/mol. The second kappa shape index (κ2) is 5.64. The Bertz CT molecular complexity index is 842. The number of aryl methyl sites for hydroxylation is 1. The van der Waals surface area contributed by atoms with Crippen molar-refractivity contribution in [2.75, 3.05) is 10.5 Å². The molecule has 2 rings (SSSR count). The molecule has 0 aliphatic heterocycles. The van der Waals surface area contributed by atoms with E-state index in [2.05, 4.69) is 4.72 Å². The van der Waals surface area contributed by atoms with Crippen molar-refractivity contribution >= 4 is 33.0 Å². The van der Waals surface area contributed by atoms with E-state index in [0.29, 0.717) is 11.4 Å². The Hall–Kier alpha value is -2.23. The smallest absolute Gasteiger partial charge is 0.263 e. The number of rotatable bonds is 3. The molecule has 0 aromatic heterocycles. The third-order valence-corrected chi connectivity index (χ3v) is 4.53. The number of nitriles is 1. The molecule has 0 fully saturated rings. The Morgan fingerprint density at radius 3 is 2.57 bits per heavy atom. The zero-order valence-electron chi connectivity index (χ0n) is 11.1. The number of benzene rings is 2. The van der Waals surface area contributed by atoms with Crippen LogP contribution in [0.4, 0.5) is 11.4 Å². The quantitative estimate of drug-likeness (QED) is 0.849. The van der Waals surface area contributed by atoms with Crippen molar-refractivity contribution in [3.05, 3.63) is 52.5 Å². The minimum atomic E-state index is -3.91. The number of nitrogens with two attached hydrogens (primary N) is 1. The molecule has 108 valence electrons. The first-order valence-electron chi connectivity index (χ1n) is 5.92. The maximum atomic E-state index is 12.4. The van der Waals surface area contributed by atoms with Crippen LogP contribution in [0.15, 0.2) is 41.3 Å². The first kappa shape index (κ1) is 15.2. The van der Waals surface area contributed by atoms with Crippen LogP contribution in [-0.2, 0) is 10.0 Å². The highest BCUT2D eigenvalue weighted by Gasteiger charge is 2.19. The maximum absolute atomic E-state index is 12.4. The first-order chi connectivity index (χ1) is 9.83. The van der Waals surface area contributed by atoms with Gasteiger partial charge in [0.05, 0.1) is 5.56 Å². The average molecular weight is 322 g/mol. The van der Waals surface area contributed by atoms with Crippen molar-refractivity contribution < 1.29 is 8.42 Å². The van der Waals surface area contributed by atoms with Crippen molar-refractivity contribution in [2.45, 2.75) is 11.8 Å². The molecule has 0 amide bonds. The van der Waals surface area contributed by atoms with Crippen LogP contribution in [0, 0.1) is 18.3 Å². The molecule has 0 spiro atoms. The minimum absolute atomic E-state index is 0.0269. The minimum Gasteiger partial charge on any atom is -0.399 e. The molecule has 2 aromatic rings. The number of anilines is 2. The Balaban J connectivity index is 2.46. The number of nitrogens with zero attached hydrogens (tertiary/aromatic N) is 1. The molecule has 0 radical (unpaired) electrons. The molecule has 7 heteroatoms. The summed E-state index contributed by atoms with van der Waals surface area (Å²) in [6.45, 7) is 1.77. The van der Waals surface area contributed by atoms with E-state index in [1.807, 2.05) is 6.07 Å². The lowest BCUT2D eigenvalue weighted by molar-refractivity contribution is 0.601. The number of hydrogen-bond donors (Lipinski definition) is 2. The topological polar surface area (TPSA) is 96.0 Å². The average Bonchev–Trinajstić information content (AvgIpc) is 2.42. The molecule has 21 heavy (non-hydrogen) atoms. The van der Waals surface area contributed by atoms with E-state index in [0.717, 1.165) is 5.56 Å². The van der Waals surface area contributed by atoms with Gasteiger partial charge in [-0.25, -0.2) is 8.42 Å². The van der Waals surface area contributed by atoms with E-state index in [9.17, 15) is 8.42 Å². The molecule has 0 aliphatic rings. The van der Waals surface area contributed by atoms with Gasteiger partial charge in [0.25, 0.3) is 10.0 Å². The van der Waals surface area contributed by atoms with Crippen molar-refractivity contribution in [1.82, 2.24) is 0 Å². The SMILES string of the molecule is Cc1cc(NS(=O)(=O)c2cc(Cl)ccc2C#N)ccc1N. The number of nitrogens with one attached hydrogen (secondary N) is 1. The summed E-state index contributed by atoms with van der Waals surface area (Å²) in [5.41, 5.74) is 7.40. The Kier molecular flexibility index (Phi) is 4.07. The summed E-state index contributed by atoms with van der Waals surface area (Å²) in [7, 11) is -3.91. The standard InChI is InChI=1S/C14H12ClN3O2S/c1-9-6-12(4-5-13(9)17)18-21(19,20)14-7-11(15)3-2-10(14)8-16/h2-7,18H,17H2,1H3. The Morgan fingerprint density at radius 2 is 1.95 bits per heavy atom. The van der Waals surface area contributed by atoms with E-state index in [-0.39, 0.29) is 15.5 Å². The van der Waals surface area contributed by atoms with Gasteiger partial charge in [0.2, 0.25) is 0 Å². The summed E-state index contributed by atoms with van der Waals surface area (Å²) >= 11 is 5.81. The second-order valence-corrected chi connectivity index (χ2v) is 6.52. The third-order valence-electron chi connectivity index (χ3n) is 2.88. The third kappa shape index (κ3) is 3.27. The lowest BCUT2D eigenvalue weighted by atomic mass is 10.2. The summed E-state index contributed by atoms with van der Waals surface area (Å²) in [6, 6.07) is 10.7. The molecule has 5 nitrogen and oxygen atoms in total. The molecule has 0 unspecified atom stereocenters. The number of halogens is 1. The summed E-state index contributed by atoms with van der Waals surface area (Å²) in [5, 5.41) is 9.26. The van der Waals surface area contributed by atoms with Crippen molar-refractivity contribution in [2.24, 2.45) is 0 Å². The fourth-order valence-electron chi connectivity index (χ4n) is 1.76. The molecule has 3 N–H and O–H groups in total. The highest BCUT2D eigenvalue weighted by molar-refractivity contribution is 7.92. The molecule has 0 bridgehead atoms. The summed E-state index contributed by atoms with van der Waals surface area (Å²) in [6.07, 6.45) is 0. The van der Waals surface area contributed by atoms with Gasteiger partial charge in [-0.3, -0.25) is 4.72 Å².